The molecule has 0 unspecified atom stereocenters. The second kappa shape index (κ2) is 8.55. The molecule has 0 aliphatic rings. The number of aromatic nitrogens is 1. The van der Waals surface area contributed by atoms with E-state index in [1.54, 1.807) is 24.3 Å². The number of carbonyl (C=O) groups is 2. The van der Waals surface area contributed by atoms with Crippen LogP contribution in [0.2, 0.25) is 0 Å². The number of rotatable bonds is 7. The Bertz CT molecular complexity index is 871. The molecule has 1 aromatic heterocycles. The molecular formula is C19H17NO5S. The van der Waals surface area contributed by atoms with Gasteiger partial charge in [-0.1, -0.05) is 24.3 Å². The molecule has 0 saturated carbocycles. The zero-order valence-electron chi connectivity index (χ0n) is 14.1. The molecule has 0 N–H and O–H groups in total. The lowest BCUT2D eigenvalue weighted by Crippen LogP contribution is -2.12. The highest BCUT2D eigenvalue weighted by Crippen LogP contribution is 2.21. The van der Waals surface area contributed by atoms with Crippen LogP contribution < -0.4 is 0 Å². The van der Waals surface area contributed by atoms with Gasteiger partial charge in [-0.25, -0.2) is 14.6 Å². The third-order valence-corrected chi connectivity index (χ3v) is 4.57. The Morgan fingerprint density at radius 2 is 1.81 bits per heavy atom. The topological polar surface area (TPSA) is 74.7 Å². The zero-order valence-corrected chi connectivity index (χ0v) is 15.0. The van der Waals surface area contributed by atoms with E-state index in [1.165, 1.54) is 18.4 Å². The first kappa shape index (κ1) is 18.0. The first-order valence-corrected chi connectivity index (χ1v) is 8.72. The fourth-order valence-corrected chi connectivity index (χ4v) is 3.17. The minimum Gasteiger partial charge on any atom is -0.465 e. The smallest absolute Gasteiger partial charge is 0.337 e. The van der Waals surface area contributed by atoms with Crippen LogP contribution in [0, 0.1) is 0 Å². The number of thiazole rings is 1. The fraction of sp³-hybridized carbons (Fsp3) is 0.211. The summed E-state index contributed by atoms with van der Waals surface area (Å²) in [4.78, 5) is 27.6. The van der Waals surface area contributed by atoms with Gasteiger partial charge in [0.25, 0.3) is 0 Å². The number of para-hydroxylation sites is 1. The predicted octanol–water partition coefficient (Wildman–Crippen LogP) is 3.34. The Labute approximate surface area is 154 Å². The SMILES string of the molecule is COC(=O)c1ccc(COC(=O)COCc2nc3ccccc3s2)cc1. The van der Waals surface area contributed by atoms with Gasteiger partial charge in [-0.15, -0.1) is 11.3 Å². The lowest BCUT2D eigenvalue weighted by molar-refractivity contribution is -0.150. The van der Waals surface area contributed by atoms with Crippen molar-refractivity contribution in [2.24, 2.45) is 0 Å². The molecule has 6 nitrogen and oxygen atoms in total. The highest BCUT2D eigenvalue weighted by atomic mass is 32.1. The van der Waals surface area contributed by atoms with Gasteiger partial charge in [-0.3, -0.25) is 0 Å². The van der Waals surface area contributed by atoms with Crippen molar-refractivity contribution in [3.05, 3.63) is 64.7 Å². The van der Waals surface area contributed by atoms with Crippen molar-refractivity contribution in [3.8, 4) is 0 Å². The molecule has 3 aromatic rings. The minimum absolute atomic E-state index is 0.116. The summed E-state index contributed by atoms with van der Waals surface area (Å²) in [5.41, 5.74) is 2.15. The van der Waals surface area contributed by atoms with Crippen LogP contribution in [0.3, 0.4) is 0 Å². The Hall–Kier alpha value is -2.77. The molecule has 0 saturated heterocycles. The summed E-state index contributed by atoms with van der Waals surface area (Å²) in [7, 11) is 1.33. The molecule has 0 amide bonds. The van der Waals surface area contributed by atoms with Gasteiger partial charge < -0.3 is 14.2 Å². The van der Waals surface area contributed by atoms with E-state index >= 15 is 0 Å². The molecule has 7 heteroatoms. The van der Waals surface area contributed by atoms with E-state index in [2.05, 4.69) is 9.72 Å². The first-order valence-electron chi connectivity index (χ1n) is 7.91. The summed E-state index contributed by atoms with van der Waals surface area (Å²) >= 11 is 1.54. The monoisotopic (exact) mass is 371 g/mol. The molecule has 0 atom stereocenters. The summed E-state index contributed by atoms with van der Waals surface area (Å²) in [5.74, 6) is -0.861. The predicted molar refractivity (Wildman–Crippen MR) is 96.9 cm³/mol. The van der Waals surface area contributed by atoms with Gasteiger partial charge in [0.2, 0.25) is 0 Å². The van der Waals surface area contributed by atoms with Gasteiger partial charge in [-0.05, 0) is 29.8 Å². The molecule has 0 aliphatic carbocycles. The van der Waals surface area contributed by atoms with E-state index in [4.69, 9.17) is 9.47 Å². The number of carbonyl (C=O) groups excluding carboxylic acids is 2. The van der Waals surface area contributed by atoms with Crippen molar-refractivity contribution >= 4 is 33.5 Å². The second-order valence-corrected chi connectivity index (χ2v) is 6.53. The van der Waals surface area contributed by atoms with E-state index in [-0.39, 0.29) is 19.8 Å². The summed E-state index contributed by atoms with van der Waals surface area (Å²) in [6.07, 6.45) is 0. The van der Waals surface area contributed by atoms with E-state index < -0.39 is 11.9 Å². The Kier molecular flexibility index (Phi) is 5.93. The highest BCUT2D eigenvalue weighted by Gasteiger charge is 2.08. The van der Waals surface area contributed by atoms with Gasteiger partial charge in [0, 0.05) is 0 Å². The zero-order chi connectivity index (χ0) is 18.4. The van der Waals surface area contributed by atoms with Crippen LogP contribution >= 0.6 is 11.3 Å². The van der Waals surface area contributed by atoms with Crippen LogP contribution in [-0.4, -0.2) is 30.6 Å². The molecule has 0 radical (unpaired) electrons. The summed E-state index contributed by atoms with van der Waals surface area (Å²) in [5, 5.41) is 0.817. The molecule has 2 aromatic carbocycles. The van der Waals surface area contributed by atoms with E-state index in [0.717, 1.165) is 20.8 Å². The molecule has 3 rings (SSSR count). The normalized spacial score (nSPS) is 10.7. The number of nitrogens with zero attached hydrogens (tertiary/aromatic N) is 1. The van der Waals surface area contributed by atoms with Gasteiger partial charge in [0.15, 0.2) is 0 Å². The quantitative estimate of drug-likeness (QED) is 0.593. The number of fused-ring (bicyclic) bond motifs is 1. The van der Waals surface area contributed by atoms with Crippen molar-refractivity contribution < 1.29 is 23.8 Å². The average Bonchev–Trinajstić information content (AvgIpc) is 3.09. The largest absolute Gasteiger partial charge is 0.465 e. The molecule has 0 bridgehead atoms. The van der Waals surface area contributed by atoms with Gasteiger partial charge in [-0.2, -0.15) is 0 Å². The number of ether oxygens (including phenoxy) is 3. The van der Waals surface area contributed by atoms with Crippen LogP contribution in [0.25, 0.3) is 10.2 Å². The number of hydrogen-bond acceptors (Lipinski definition) is 7. The van der Waals surface area contributed by atoms with Crippen molar-refractivity contribution in [1.82, 2.24) is 4.98 Å². The van der Waals surface area contributed by atoms with E-state index in [1.807, 2.05) is 24.3 Å². The maximum Gasteiger partial charge on any atom is 0.337 e. The van der Waals surface area contributed by atoms with Gasteiger partial charge >= 0.3 is 11.9 Å². The van der Waals surface area contributed by atoms with E-state index in [0.29, 0.717) is 5.56 Å². The maximum atomic E-state index is 11.8. The Morgan fingerprint density at radius 3 is 2.54 bits per heavy atom. The highest BCUT2D eigenvalue weighted by molar-refractivity contribution is 7.18. The van der Waals surface area contributed by atoms with Crippen molar-refractivity contribution in [1.29, 1.82) is 0 Å². The molecule has 1 heterocycles. The van der Waals surface area contributed by atoms with Crippen LogP contribution in [0.5, 0.6) is 0 Å². The molecule has 134 valence electrons. The van der Waals surface area contributed by atoms with E-state index in [9.17, 15) is 9.59 Å². The molecule has 0 aliphatic heterocycles. The average molecular weight is 371 g/mol. The number of methoxy groups -OCH3 is 1. The molecule has 26 heavy (non-hydrogen) atoms. The lowest BCUT2D eigenvalue weighted by atomic mass is 10.1. The number of benzene rings is 2. The standard InChI is InChI=1S/C19H17NO5S/c1-23-19(22)14-8-6-13(7-9-14)10-25-18(21)12-24-11-17-20-15-4-2-3-5-16(15)26-17/h2-9H,10-12H2,1H3. The van der Waals surface area contributed by atoms with Crippen LogP contribution in [0.4, 0.5) is 0 Å². The van der Waals surface area contributed by atoms with Gasteiger partial charge in [0.05, 0.1) is 29.5 Å². The van der Waals surface area contributed by atoms with Crippen molar-refractivity contribution in [2.75, 3.05) is 13.7 Å². The molecule has 0 fully saturated rings. The molecular weight excluding hydrogens is 354 g/mol. The Balaban J connectivity index is 1.42. The summed E-state index contributed by atoms with van der Waals surface area (Å²) in [6, 6.07) is 14.5. The second-order valence-electron chi connectivity index (χ2n) is 5.42. The van der Waals surface area contributed by atoms with Crippen molar-refractivity contribution in [3.63, 3.8) is 0 Å². The van der Waals surface area contributed by atoms with Crippen molar-refractivity contribution in [2.45, 2.75) is 13.2 Å². The minimum atomic E-state index is -0.455. The third kappa shape index (κ3) is 4.65. The summed E-state index contributed by atoms with van der Waals surface area (Å²) in [6.45, 7) is 0.239. The summed E-state index contributed by atoms with van der Waals surface area (Å²) < 4.78 is 16.2. The van der Waals surface area contributed by atoms with Crippen LogP contribution in [-0.2, 0) is 32.2 Å². The fourth-order valence-electron chi connectivity index (χ4n) is 2.26. The number of hydrogen-bond donors (Lipinski definition) is 0. The number of esters is 2. The first-order chi connectivity index (χ1) is 12.7. The van der Waals surface area contributed by atoms with Crippen LogP contribution in [0.1, 0.15) is 20.9 Å². The Morgan fingerprint density at radius 1 is 1.04 bits per heavy atom. The third-order valence-electron chi connectivity index (χ3n) is 3.56. The maximum absolute atomic E-state index is 11.8. The lowest BCUT2D eigenvalue weighted by Gasteiger charge is -2.06. The molecule has 0 spiro atoms. The van der Waals surface area contributed by atoms with Gasteiger partial charge in [0.1, 0.15) is 18.2 Å². The van der Waals surface area contributed by atoms with Crippen LogP contribution in [0.15, 0.2) is 48.5 Å².